The summed E-state index contributed by atoms with van der Waals surface area (Å²) in [5.74, 6) is -0.535. The van der Waals surface area contributed by atoms with Gasteiger partial charge in [0.25, 0.3) is 11.8 Å². The second-order valence-corrected chi connectivity index (χ2v) is 9.80. The van der Waals surface area contributed by atoms with E-state index in [0.717, 1.165) is 19.6 Å². The highest BCUT2D eigenvalue weighted by Gasteiger charge is 2.37. The number of imide groups is 2. The molecule has 1 aliphatic rings. The quantitative estimate of drug-likeness (QED) is 0.215. The third-order valence-corrected chi connectivity index (χ3v) is 6.62. The standard InChI is InChI=1S/C27H22ClIN2O5/c1-15-4-7-17(8-5-15)14-36-24-21(29)11-18(12-23(24)35-3)10-20-25(32)30-27(34)31(26(20)33)22-13-19(28)9-6-16(22)2/h4-13H,14H2,1-3H3,(H,30,32,34)/b20-10+. The Kier molecular flexibility index (Phi) is 7.65. The van der Waals surface area contributed by atoms with Gasteiger partial charge in [0.15, 0.2) is 11.5 Å². The number of methoxy groups -OCH3 is 1. The van der Waals surface area contributed by atoms with Crippen molar-refractivity contribution in [1.82, 2.24) is 5.32 Å². The number of nitrogens with one attached hydrogen (secondary N) is 1. The van der Waals surface area contributed by atoms with Crippen LogP contribution in [0.5, 0.6) is 11.5 Å². The molecule has 0 aromatic heterocycles. The van der Waals surface area contributed by atoms with E-state index in [-0.39, 0.29) is 5.57 Å². The molecule has 0 radical (unpaired) electrons. The second-order valence-electron chi connectivity index (χ2n) is 8.20. The number of carbonyl (C=O) groups is 3. The summed E-state index contributed by atoms with van der Waals surface area (Å²) >= 11 is 8.20. The van der Waals surface area contributed by atoms with E-state index < -0.39 is 17.8 Å². The SMILES string of the molecule is COc1cc(/C=C2\C(=O)NC(=O)N(c3cc(Cl)ccc3C)C2=O)cc(I)c1OCc1ccc(C)cc1. The highest BCUT2D eigenvalue weighted by Crippen LogP contribution is 2.36. The Labute approximate surface area is 227 Å². The molecule has 4 rings (SSSR count). The van der Waals surface area contributed by atoms with Crippen molar-refractivity contribution in [2.24, 2.45) is 0 Å². The van der Waals surface area contributed by atoms with Gasteiger partial charge in [-0.05, 0) is 83.5 Å². The summed E-state index contributed by atoms with van der Waals surface area (Å²) in [6, 6.07) is 15.5. The van der Waals surface area contributed by atoms with Crippen LogP contribution in [-0.4, -0.2) is 25.0 Å². The largest absolute Gasteiger partial charge is 0.493 e. The highest BCUT2D eigenvalue weighted by atomic mass is 127. The van der Waals surface area contributed by atoms with Gasteiger partial charge in [0.2, 0.25) is 0 Å². The number of hydrogen-bond acceptors (Lipinski definition) is 5. The number of ether oxygens (including phenoxy) is 2. The molecule has 3 aromatic carbocycles. The zero-order valence-electron chi connectivity index (χ0n) is 19.7. The average Bonchev–Trinajstić information content (AvgIpc) is 2.84. The lowest BCUT2D eigenvalue weighted by atomic mass is 10.1. The van der Waals surface area contributed by atoms with E-state index in [0.29, 0.717) is 39.9 Å². The van der Waals surface area contributed by atoms with Crippen LogP contribution in [0.1, 0.15) is 22.3 Å². The smallest absolute Gasteiger partial charge is 0.335 e. The fourth-order valence-corrected chi connectivity index (χ4v) is 4.62. The Morgan fingerprint density at radius 1 is 1.03 bits per heavy atom. The van der Waals surface area contributed by atoms with E-state index in [9.17, 15) is 14.4 Å². The third-order valence-electron chi connectivity index (χ3n) is 5.58. The zero-order valence-corrected chi connectivity index (χ0v) is 22.6. The molecule has 0 spiro atoms. The number of rotatable bonds is 6. The number of aryl methyl sites for hydroxylation is 2. The lowest BCUT2D eigenvalue weighted by Gasteiger charge is -2.27. The molecule has 0 atom stereocenters. The van der Waals surface area contributed by atoms with Gasteiger partial charge < -0.3 is 9.47 Å². The predicted molar refractivity (Wildman–Crippen MR) is 146 cm³/mol. The maximum atomic E-state index is 13.3. The van der Waals surface area contributed by atoms with Crippen molar-refractivity contribution in [2.45, 2.75) is 20.5 Å². The molecule has 0 saturated carbocycles. The van der Waals surface area contributed by atoms with Crippen LogP contribution >= 0.6 is 34.2 Å². The van der Waals surface area contributed by atoms with E-state index in [1.165, 1.54) is 19.3 Å². The molecule has 3 aromatic rings. The van der Waals surface area contributed by atoms with E-state index in [1.807, 2.05) is 31.2 Å². The predicted octanol–water partition coefficient (Wildman–Crippen LogP) is 5.82. The van der Waals surface area contributed by atoms with Gasteiger partial charge in [-0.15, -0.1) is 0 Å². The molecule has 0 aliphatic carbocycles. The first-order chi connectivity index (χ1) is 17.2. The van der Waals surface area contributed by atoms with Crippen LogP contribution in [0.15, 0.2) is 60.2 Å². The van der Waals surface area contributed by atoms with Crippen LogP contribution in [0.4, 0.5) is 10.5 Å². The summed E-state index contributed by atoms with van der Waals surface area (Å²) in [6.07, 6.45) is 1.42. The zero-order chi connectivity index (χ0) is 26.0. The number of barbiturate groups is 1. The van der Waals surface area contributed by atoms with Gasteiger partial charge in [0.05, 0.1) is 16.4 Å². The van der Waals surface area contributed by atoms with Crippen LogP contribution in [-0.2, 0) is 16.2 Å². The number of hydrogen-bond donors (Lipinski definition) is 1. The molecule has 36 heavy (non-hydrogen) atoms. The summed E-state index contributed by atoms with van der Waals surface area (Å²) in [4.78, 5) is 39.3. The lowest BCUT2D eigenvalue weighted by Crippen LogP contribution is -2.54. The topological polar surface area (TPSA) is 84.9 Å². The number of urea groups is 1. The molecule has 0 unspecified atom stereocenters. The first-order valence-electron chi connectivity index (χ1n) is 10.9. The van der Waals surface area contributed by atoms with Crippen molar-refractivity contribution in [3.63, 3.8) is 0 Å². The van der Waals surface area contributed by atoms with E-state index >= 15 is 0 Å². The van der Waals surface area contributed by atoms with Crippen molar-refractivity contribution in [2.75, 3.05) is 12.0 Å². The Morgan fingerprint density at radius 3 is 2.44 bits per heavy atom. The maximum absolute atomic E-state index is 13.3. The normalized spacial score (nSPS) is 14.8. The Morgan fingerprint density at radius 2 is 1.75 bits per heavy atom. The number of nitrogens with zero attached hydrogens (tertiary/aromatic N) is 1. The second kappa shape index (κ2) is 10.7. The van der Waals surface area contributed by atoms with Crippen LogP contribution in [0.2, 0.25) is 5.02 Å². The van der Waals surface area contributed by atoms with Crippen molar-refractivity contribution in [1.29, 1.82) is 0 Å². The third kappa shape index (κ3) is 5.39. The molecule has 1 fully saturated rings. The summed E-state index contributed by atoms with van der Waals surface area (Å²) < 4.78 is 12.3. The van der Waals surface area contributed by atoms with Crippen molar-refractivity contribution >= 4 is 63.8 Å². The first-order valence-corrected chi connectivity index (χ1v) is 12.4. The number of benzene rings is 3. The van der Waals surface area contributed by atoms with Gasteiger partial charge in [-0.2, -0.15) is 0 Å². The number of carbonyl (C=O) groups excluding carboxylic acids is 3. The fraction of sp³-hybridized carbons (Fsp3) is 0.148. The Hall–Kier alpha value is -3.37. The minimum absolute atomic E-state index is 0.194. The molecular weight excluding hydrogens is 595 g/mol. The van der Waals surface area contributed by atoms with Crippen molar-refractivity contribution in [3.8, 4) is 11.5 Å². The minimum Gasteiger partial charge on any atom is -0.493 e. The lowest BCUT2D eigenvalue weighted by molar-refractivity contribution is -0.122. The van der Waals surface area contributed by atoms with Crippen LogP contribution in [0.3, 0.4) is 0 Å². The number of anilines is 1. The van der Waals surface area contributed by atoms with Gasteiger partial charge in [-0.1, -0.05) is 47.5 Å². The maximum Gasteiger partial charge on any atom is 0.335 e. The summed E-state index contributed by atoms with van der Waals surface area (Å²) in [6.45, 7) is 4.12. The number of amides is 4. The van der Waals surface area contributed by atoms with Crippen molar-refractivity contribution < 1.29 is 23.9 Å². The van der Waals surface area contributed by atoms with Crippen LogP contribution in [0.25, 0.3) is 6.08 Å². The fourth-order valence-electron chi connectivity index (χ4n) is 3.67. The van der Waals surface area contributed by atoms with Gasteiger partial charge in [0.1, 0.15) is 12.2 Å². The molecule has 1 heterocycles. The molecule has 7 nitrogen and oxygen atoms in total. The Balaban J connectivity index is 1.66. The van der Waals surface area contributed by atoms with Gasteiger partial charge in [-0.3, -0.25) is 14.9 Å². The summed E-state index contributed by atoms with van der Waals surface area (Å²) in [7, 11) is 1.52. The first kappa shape index (κ1) is 25.7. The molecule has 4 amide bonds. The highest BCUT2D eigenvalue weighted by molar-refractivity contribution is 14.1. The molecule has 1 saturated heterocycles. The van der Waals surface area contributed by atoms with E-state index in [2.05, 4.69) is 27.9 Å². The summed E-state index contributed by atoms with van der Waals surface area (Å²) in [5, 5.41) is 2.59. The van der Waals surface area contributed by atoms with Gasteiger partial charge >= 0.3 is 6.03 Å². The van der Waals surface area contributed by atoms with Crippen LogP contribution < -0.4 is 19.7 Å². The molecule has 1 aliphatic heterocycles. The average molecular weight is 617 g/mol. The minimum atomic E-state index is -0.834. The molecule has 0 bridgehead atoms. The summed E-state index contributed by atoms with van der Waals surface area (Å²) in [5.41, 5.74) is 3.47. The molecule has 184 valence electrons. The van der Waals surface area contributed by atoms with Crippen LogP contribution in [0, 0.1) is 17.4 Å². The van der Waals surface area contributed by atoms with Gasteiger partial charge in [0, 0.05) is 5.02 Å². The molecule has 1 N–H and O–H groups in total. The van der Waals surface area contributed by atoms with Gasteiger partial charge in [-0.25, -0.2) is 9.69 Å². The monoisotopic (exact) mass is 616 g/mol. The Bertz CT molecular complexity index is 1400. The van der Waals surface area contributed by atoms with E-state index in [4.69, 9.17) is 21.1 Å². The molecule has 9 heteroatoms. The van der Waals surface area contributed by atoms with E-state index in [1.54, 1.807) is 31.2 Å². The number of halogens is 2. The van der Waals surface area contributed by atoms with Crippen molar-refractivity contribution in [3.05, 3.63) is 91.0 Å². The molecular formula is C27H22ClIN2O5.